The molecule has 1 unspecified atom stereocenters. The van der Waals surface area contributed by atoms with Crippen molar-refractivity contribution >= 4 is 17.5 Å². The van der Waals surface area contributed by atoms with Gasteiger partial charge in [0.2, 0.25) is 5.91 Å². The van der Waals surface area contributed by atoms with E-state index in [0.717, 1.165) is 37.2 Å². The zero-order chi connectivity index (χ0) is 16.1. The smallest absolute Gasteiger partial charge is 0.265 e. The molecule has 0 spiro atoms. The molecule has 2 aliphatic heterocycles. The number of fused-ring (bicyclic) bond motifs is 1. The van der Waals surface area contributed by atoms with Gasteiger partial charge in [-0.15, -0.1) is 0 Å². The van der Waals surface area contributed by atoms with Crippen molar-refractivity contribution in [3.63, 3.8) is 0 Å². The van der Waals surface area contributed by atoms with Crippen LogP contribution in [0.4, 0.5) is 5.69 Å². The molecular formula is C17H23N3O3. The average Bonchev–Trinajstić information content (AvgIpc) is 3.06. The fourth-order valence-corrected chi connectivity index (χ4v) is 3.09. The lowest BCUT2D eigenvalue weighted by atomic mass is 10.1. The van der Waals surface area contributed by atoms with E-state index in [4.69, 9.17) is 4.74 Å². The standard InChI is InChI=1S/C17H23N3O3/c21-16(11-13-5-3-8-18-13)19-9-4-10-20-14-6-1-2-7-15(14)23-12-17(20)22/h1-2,6-7,13,18H,3-5,8-12H2,(H,19,21). The first-order valence-corrected chi connectivity index (χ1v) is 8.26. The second-order valence-electron chi connectivity index (χ2n) is 6.00. The molecule has 2 amide bonds. The van der Waals surface area contributed by atoms with Gasteiger partial charge in [-0.25, -0.2) is 0 Å². The van der Waals surface area contributed by atoms with Crippen LogP contribution in [0.5, 0.6) is 5.75 Å². The Labute approximate surface area is 136 Å². The SMILES string of the molecule is O=C(CC1CCCN1)NCCCN1C(=O)COc2ccccc21. The van der Waals surface area contributed by atoms with E-state index >= 15 is 0 Å². The topological polar surface area (TPSA) is 70.7 Å². The van der Waals surface area contributed by atoms with Crippen LogP contribution in [-0.4, -0.2) is 44.1 Å². The predicted molar refractivity (Wildman–Crippen MR) is 87.6 cm³/mol. The van der Waals surface area contributed by atoms with Gasteiger partial charge in [-0.1, -0.05) is 12.1 Å². The monoisotopic (exact) mass is 317 g/mol. The van der Waals surface area contributed by atoms with E-state index in [9.17, 15) is 9.59 Å². The summed E-state index contributed by atoms with van der Waals surface area (Å²) in [4.78, 5) is 25.6. The first-order chi connectivity index (χ1) is 11.2. The summed E-state index contributed by atoms with van der Waals surface area (Å²) >= 11 is 0. The summed E-state index contributed by atoms with van der Waals surface area (Å²) in [5.74, 6) is 0.784. The van der Waals surface area contributed by atoms with Crippen molar-refractivity contribution in [2.45, 2.75) is 31.7 Å². The Morgan fingerprint density at radius 1 is 1.39 bits per heavy atom. The van der Waals surface area contributed by atoms with Crippen LogP contribution in [-0.2, 0) is 9.59 Å². The molecule has 1 atom stereocenters. The van der Waals surface area contributed by atoms with Gasteiger partial charge in [-0.2, -0.15) is 0 Å². The van der Waals surface area contributed by atoms with E-state index in [0.29, 0.717) is 25.6 Å². The normalized spacial score (nSPS) is 20.1. The van der Waals surface area contributed by atoms with Crippen LogP contribution in [0.15, 0.2) is 24.3 Å². The molecule has 0 aliphatic carbocycles. The van der Waals surface area contributed by atoms with Gasteiger partial charge < -0.3 is 20.3 Å². The van der Waals surface area contributed by atoms with Crippen molar-refractivity contribution < 1.29 is 14.3 Å². The molecule has 23 heavy (non-hydrogen) atoms. The Morgan fingerprint density at radius 3 is 3.09 bits per heavy atom. The summed E-state index contributed by atoms with van der Waals surface area (Å²) in [6.07, 6.45) is 3.49. The van der Waals surface area contributed by atoms with Gasteiger partial charge in [0, 0.05) is 25.6 Å². The van der Waals surface area contributed by atoms with E-state index in [-0.39, 0.29) is 18.4 Å². The molecule has 2 aliphatic rings. The van der Waals surface area contributed by atoms with Gasteiger partial charge >= 0.3 is 0 Å². The second-order valence-corrected chi connectivity index (χ2v) is 6.00. The zero-order valence-corrected chi connectivity index (χ0v) is 13.2. The molecule has 124 valence electrons. The Kier molecular flexibility index (Phi) is 5.12. The van der Waals surface area contributed by atoms with Crippen LogP contribution < -0.4 is 20.3 Å². The quantitative estimate of drug-likeness (QED) is 0.770. The van der Waals surface area contributed by atoms with Crippen molar-refractivity contribution in [1.82, 2.24) is 10.6 Å². The number of carbonyl (C=O) groups is 2. The number of carbonyl (C=O) groups excluding carboxylic acids is 2. The summed E-state index contributed by atoms with van der Waals surface area (Å²) in [5.41, 5.74) is 0.810. The number of rotatable bonds is 6. The summed E-state index contributed by atoms with van der Waals surface area (Å²) in [6, 6.07) is 7.86. The number of nitrogens with one attached hydrogen (secondary N) is 2. The summed E-state index contributed by atoms with van der Waals surface area (Å²) in [5, 5.41) is 6.26. The molecule has 1 fully saturated rings. The maximum absolute atomic E-state index is 12.0. The van der Waals surface area contributed by atoms with E-state index < -0.39 is 0 Å². The lowest BCUT2D eigenvalue weighted by Crippen LogP contribution is -2.40. The maximum atomic E-state index is 12.0. The minimum Gasteiger partial charge on any atom is -0.482 e. The fourth-order valence-electron chi connectivity index (χ4n) is 3.09. The minimum absolute atomic E-state index is 0.0369. The molecule has 1 aromatic carbocycles. The highest BCUT2D eigenvalue weighted by Gasteiger charge is 2.24. The summed E-state index contributed by atoms with van der Waals surface area (Å²) in [7, 11) is 0. The predicted octanol–water partition coefficient (Wildman–Crippen LogP) is 1.06. The number of para-hydroxylation sites is 2. The third-order valence-electron chi connectivity index (χ3n) is 4.28. The van der Waals surface area contributed by atoms with Gasteiger partial charge in [0.15, 0.2) is 6.61 Å². The molecule has 2 heterocycles. The van der Waals surface area contributed by atoms with Gasteiger partial charge in [0.05, 0.1) is 5.69 Å². The van der Waals surface area contributed by atoms with E-state index in [1.807, 2.05) is 24.3 Å². The van der Waals surface area contributed by atoms with Crippen molar-refractivity contribution in [1.29, 1.82) is 0 Å². The number of nitrogens with zero attached hydrogens (tertiary/aromatic N) is 1. The largest absolute Gasteiger partial charge is 0.482 e. The molecular weight excluding hydrogens is 294 g/mol. The molecule has 6 nitrogen and oxygen atoms in total. The highest BCUT2D eigenvalue weighted by atomic mass is 16.5. The minimum atomic E-state index is -0.0369. The average molecular weight is 317 g/mol. The number of amides is 2. The first-order valence-electron chi connectivity index (χ1n) is 8.26. The Hall–Kier alpha value is -2.08. The van der Waals surface area contributed by atoms with E-state index in [1.54, 1.807) is 4.90 Å². The summed E-state index contributed by atoms with van der Waals surface area (Å²) < 4.78 is 5.42. The second kappa shape index (κ2) is 7.46. The van der Waals surface area contributed by atoms with Gasteiger partial charge in [-0.05, 0) is 37.9 Å². The van der Waals surface area contributed by atoms with Crippen molar-refractivity contribution in [2.75, 3.05) is 31.1 Å². The van der Waals surface area contributed by atoms with Crippen LogP contribution in [0.2, 0.25) is 0 Å². The van der Waals surface area contributed by atoms with Gasteiger partial charge in [-0.3, -0.25) is 9.59 Å². The third kappa shape index (κ3) is 4.01. The molecule has 0 radical (unpaired) electrons. The van der Waals surface area contributed by atoms with Crippen LogP contribution in [0.3, 0.4) is 0 Å². The molecule has 3 rings (SSSR count). The lowest BCUT2D eigenvalue weighted by molar-refractivity contribution is -0.121. The molecule has 1 saturated heterocycles. The van der Waals surface area contributed by atoms with Crippen LogP contribution >= 0.6 is 0 Å². The van der Waals surface area contributed by atoms with E-state index in [2.05, 4.69) is 10.6 Å². The Morgan fingerprint density at radius 2 is 2.26 bits per heavy atom. The third-order valence-corrected chi connectivity index (χ3v) is 4.28. The van der Waals surface area contributed by atoms with Crippen LogP contribution in [0, 0.1) is 0 Å². The molecule has 1 aromatic rings. The fraction of sp³-hybridized carbons (Fsp3) is 0.529. The highest BCUT2D eigenvalue weighted by Crippen LogP contribution is 2.31. The Bertz CT molecular complexity index is 570. The number of ether oxygens (including phenoxy) is 1. The molecule has 6 heteroatoms. The number of benzene rings is 1. The van der Waals surface area contributed by atoms with Crippen LogP contribution in [0.25, 0.3) is 0 Å². The van der Waals surface area contributed by atoms with Crippen molar-refractivity contribution in [3.8, 4) is 5.75 Å². The lowest BCUT2D eigenvalue weighted by Gasteiger charge is -2.29. The number of anilines is 1. The van der Waals surface area contributed by atoms with Gasteiger partial charge in [0.25, 0.3) is 5.91 Å². The Balaban J connectivity index is 1.43. The zero-order valence-electron chi connectivity index (χ0n) is 13.2. The molecule has 0 saturated carbocycles. The molecule has 2 N–H and O–H groups in total. The van der Waals surface area contributed by atoms with Gasteiger partial charge in [0.1, 0.15) is 5.75 Å². The molecule has 0 bridgehead atoms. The number of hydrogen-bond acceptors (Lipinski definition) is 4. The maximum Gasteiger partial charge on any atom is 0.265 e. The molecule has 0 aromatic heterocycles. The van der Waals surface area contributed by atoms with E-state index in [1.165, 1.54) is 0 Å². The van der Waals surface area contributed by atoms with Crippen LogP contribution in [0.1, 0.15) is 25.7 Å². The first kappa shape index (κ1) is 15.8. The number of hydrogen-bond donors (Lipinski definition) is 2. The highest BCUT2D eigenvalue weighted by molar-refractivity contribution is 5.97. The van der Waals surface area contributed by atoms with Crippen molar-refractivity contribution in [2.24, 2.45) is 0 Å². The van der Waals surface area contributed by atoms with Crippen molar-refractivity contribution in [3.05, 3.63) is 24.3 Å². The summed E-state index contributed by atoms with van der Waals surface area (Å²) in [6.45, 7) is 2.26.